The summed E-state index contributed by atoms with van der Waals surface area (Å²) in [5.74, 6) is 0. The summed E-state index contributed by atoms with van der Waals surface area (Å²) in [6, 6.07) is 32.8. The van der Waals surface area contributed by atoms with Crippen LogP contribution >= 0.6 is 41.8 Å². The van der Waals surface area contributed by atoms with Gasteiger partial charge in [0.05, 0.1) is 15.7 Å². The fourth-order valence-corrected chi connectivity index (χ4v) is 13.3. The first-order valence-electron chi connectivity index (χ1n) is 14.9. The molecular weight excluding hydrogens is 640 g/mol. The van der Waals surface area contributed by atoms with Gasteiger partial charge >= 0.3 is 0 Å². The highest BCUT2D eigenvalue weighted by atomic mass is 32.4. The normalized spacial score (nSPS) is 30.3. The third-order valence-electron chi connectivity index (χ3n) is 8.78. The van der Waals surface area contributed by atoms with Crippen molar-refractivity contribution < 1.29 is 0 Å². The second-order valence-electron chi connectivity index (χ2n) is 11.6. The Morgan fingerprint density at radius 2 is 0.750 bits per heavy atom. The Balaban J connectivity index is 1.40. The van der Waals surface area contributed by atoms with Crippen LogP contribution in [0.5, 0.6) is 0 Å². The average Bonchev–Trinajstić information content (AvgIpc) is 3.59. The van der Waals surface area contributed by atoms with Gasteiger partial charge in [-0.15, -0.1) is 0 Å². The SMILES string of the molecule is C[C@@H]1[C@@H](c2ccccc2)S/C(=N\P(=S)(/N=C2/S[C@H](c3ccccc3)[C@@H](C)N2C)/N=C2/S[C@H](c3ccccc3)[C@@H](C)N2C)N1C. The fraction of sp³-hybridized carbons (Fsp3) is 0.364. The molecule has 6 nitrogen and oxygen atoms in total. The van der Waals surface area contributed by atoms with E-state index in [4.69, 9.17) is 26.1 Å². The molecule has 0 spiro atoms. The van der Waals surface area contributed by atoms with Crippen LogP contribution in [0.1, 0.15) is 53.2 Å². The Labute approximate surface area is 280 Å². The second kappa shape index (κ2) is 13.2. The quantitative estimate of drug-likeness (QED) is 0.242. The minimum atomic E-state index is -3.00. The van der Waals surface area contributed by atoms with Crippen molar-refractivity contribution in [2.75, 3.05) is 21.1 Å². The lowest BCUT2D eigenvalue weighted by Crippen LogP contribution is -2.29. The van der Waals surface area contributed by atoms with E-state index >= 15 is 0 Å². The van der Waals surface area contributed by atoms with Gasteiger partial charge in [-0.1, -0.05) is 126 Å². The van der Waals surface area contributed by atoms with Crippen LogP contribution < -0.4 is 0 Å². The molecule has 0 saturated carbocycles. The number of rotatable bonds is 6. The van der Waals surface area contributed by atoms with Gasteiger partial charge in [0.1, 0.15) is 0 Å². The molecule has 0 aromatic heterocycles. The van der Waals surface area contributed by atoms with E-state index in [0.717, 1.165) is 15.5 Å². The zero-order chi connectivity index (χ0) is 31.0. The predicted octanol–water partition coefficient (Wildman–Crippen LogP) is 8.70. The minimum Gasteiger partial charge on any atom is -0.350 e. The molecule has 230 valence electrons. The van der Waals surface area contributed by atoms with E-state index in [2.05, 4.69) is 148 Å². The van der Waals surface area contributed by atoms with E-state index in [1.165, 1.54) is 16.7 Å². The number of likely N-dealkylation sites (N-methyl/N-ethyl adjacent to an activating group) is 3. The Kier molecular flexibility index (Phi) is 9.56. The van der Waals surface area contributed by atoms with Gasteiger partial charge in [0.25, 0.3) is 6.49 Å². The highest BCUT2D eigenvalue weighted by Crippen LogP contribution is 2.59. The minimum absolute atomic E-state index is 0.265. The third-order valence-corrected chi connectivity index (χ3v) is 15.8. The molecule has 3 heterocycles. The maximum absolute atomic E-state index is 6.48. The molecule has 0 unspecified atom stereocenters. The van der Waals surface area contributed by atoms with Gasteiger partial charge in [0.15, 0.2) is 15.5 Å². The molecule has 6 rings (SSSR count). The predicted molar refractivity (Wildman–Crippen MR) is 199 cm³/mol. The van der Waals surface area contributed by atoms with E-state index in [1.54, 1.807) is 35.3 Å². The van der Waals surface area contributed by atoms with Gasteiger partial charge in [-0.3, -0.25) is 0 Å². The topological polar surface area (TPSA) is 46.8 Å². The lowest BCUT2D eigenvalue weighted by molar-refractivity contribution is 0.403. The van der Waals surface area contributed by atoms with Gasteiger partial charge in [0.2, 0.25) is 0 Å². The van der Waals surface area contributed by atoms with Crippen molar-refractivity contribution in [1.82, 2.24) is 14.7 Å². The first kappa shape index (κ1) is 31.7. The molecule has 44 heavy (non-hydrogen) atoms. The summed E-state index contributed by atoms with van der Waals surface area (Å²) in [6.45, 7) is 3.77. The molecule has 0 amide bonds. The van der Waals surface area contributed by atoms with Crippen molar-refractivity contribution in [1.29, 1.82) is 0 Å². The van der Waals surface area contributed by atoms with Crippen LogP contribution in [-0.4, -0.2) is 69.5 Å². The summed E-state index contributed by atoms with van der Waals surface area (Å²) < 4.78 is 16.0. The lowest BCUT2D eigenvalue weighted by atomic mass is 10.1. The number of hydrogen-bond acceptors (Lipinski definition) is 4. The zero-order valence-corrected chi connectivity index (χ0v) is 30.0. The first-order valence-corrected chi connectivity index (χ1v) is 20.2. The highest BCUT2D eigenvalue weighted by molar-refractivity contribution is 8.19. The molecule has 11 heteroatoms. The summed E-state index contributed by atoms with van der Waals surface area (Å²) >= 11 is 11.8. The maximum Gasteiger partial charge on any atom is 0.282 e. The lowest BCUT2D eigenvalue weighted by Gasteiger charge is -2.23. The van der Waals surface area contributed by atoms with Crippen LogP contribution in [-0.2, 0) is 11.8 Å². The van der Waals surface area contributed by atoms with E-state index < -0.39 is 6.49 Å². The summed E-state index contributed by atoms with van der Waals surface area (Å²) in [5.41, 5.74) is 3.89. The first-order chi connectivity index (χ1) is 21.1. The molecule has 0 aliphatic carbocycles. The van der Waals surface area contributed by atoms with Crippen LogP contribution in [0.25, 0.3) is 0 Å². The van der Waals surface area contributed by atoms with Crippen molar-refractivity contribution in [3.63, 3.8) is 0 Å². The molecule has 3 saturated heterocycles. The molecule has 0 bridgehead atoms. The molecule has 3 aliphatic rings. The van der Waals surface area contributed by atoms with E-state index in [1.807, 2.05) is 0 Å². The molecule has 3 aromatic rings. The summed E-state index contributed by atoms with van der Waals surface area (Å²) in [6.07, 6.45) is 0. The van der Waals surface area contributed by atoms with Crippen LogP contribution in [0.2, 0.25) is 0 Å². The van der Waals surface area contributed by atoms with Gasteiger partial charge in [-0.25, -0.2) is 0 Å². The summed E-state index contributed by atoms with van der Waals surface area (Å²) in [7, 11) is 6.36. The molecule has 3 aromatic carbocycles. The van der Waals surface area contributed by atoms with Gasteiger partial charge in [-0.2, -0.15) is 14.3 Å². The zero-order valence-electron chi connectivity index (χ0n) is 25.9. The second-order valence-corrected chi connectivity index (χ2v) is 18.0. The fourth-order valence-electron chi connectivity index (χ4n) is 5.67. The number of hydrogen-bond donors (Lipinski definition) is 0. The summed E-state index contributed by atoms with van der Waals surface area (Å²) in [4.78, 5) is 6.77. The van der Waals surface area contributed by atoms with Gasteiger partial charge in [-0.05, 0) is 49.3 Å². The maximum atomic E-state index is 6.48. The number of benzene rings is 3. The van der Waals surface area contributed by atoms with Gasteiger partial charge in [0, 0.05) is 39.3 Å². The summed E-state index contributed by atoms with van der Waals surface area (Å²) in [5, 5.41) is 3.54. The van der Waals surface area contributed by atoms with Crippen LogP contribution in [0.3, 0.4) is 0 Å². The largest absolute Gasteiger partial charge is 0.350 e. The van der Waals surface area contributed by atoms with Crippen LogP contribution in [0.15, 0.2) is 105 Å². The van der Waals surface area contributed by atoms with Crippen molar-refractivity contribution >= 4 is 69.1 Å². The Hall–Kier alpha value is -2.23. The number of thioether (sulfide) groups is 3. The van der Waals surface area contributed by atoms with Crippen molar-refractivity contribution in [3.05, 3.63) is 108 Å². The van der Waals surface area contributed by atoms with Crippen LogP contribution in [0.4, 0.5) is 0 Å². The molecule has 3 aliphatic heterocycles. The molecular formula is C33H39N6PS4. The number of amidine groups is 3. The Morgan fingerprint density at radius 3 is 1.00 bits per heavy atom. The monoisotopic (exact) mass is 678 g/mol. The van der Waals surface area contributed by atoms with E-state index in [0.29, 0.717) is 0 Å². The standard InChI is InChI=1S/C33H39N6PS4/c1-22-28(25-16-10-7-11-17-25)42-31(37(22)4)34-40(41,35-32-38(5)23(2)29(43-32)26-18-12-8-13-19-26)36-33-39(6)24(3)30(44-33)27-20-14-9-15-21-27/h7-24,28-30H,1-6H3/b34-31-,35-32+,36-33+/t22-,23-,24-,28+,29+,30+/m1/s1. The molecule has 3 fully saturated rings. The molecule has 0 N–H and O–H groups in total. The molecule has 6 atom stereocenters. The average molecular weight is 679 g/mol. The third kappa shape index (κ3) is 6.38. The Morgan fingerprint density at radius 1 is 0.500 bits per heavy atom. The van der Waals surface area contributed by atoms with Crippen molar-refractivity contribution in [2.45, 2.75) is 54.6 Å². The van der Waals surface area contributed by atoms with Gasteiger partial charge < -0.3 is 14.7 Å². The van der Waals surface area contributed by atoms with E-state index in [9.17, 15) is 0 Å². The van der Waals surface area contributed by atoms with Crippen molar-refractivity contribution in [3.8, 4) is 0 Å². The molecule has 0 radical (unpaired) electrons. The van der Waals surface area contributed by atoms with Crippen LogP contribution in [0, 0.1) is 0 Å². The smallest absolute Gasteiger partial charge is 0.282 e. The van der Waals surface area contributed by atoms with Crippen molar-refractivity contribution in [2.24, 2.45) is 14.3 Å². The highest BCUT2D eigenvalue weighted by Gasteiger charge is 2.40. The van der Waals surface area contributed by atoms with E-state index in [-0.39, 0.29) is 33.9 Å². The Bertz CT molecular complexity index is 1410. The number of nitrogens with zero attached hydrogens (tertiary/aromatic N) is 6.